The summed E-state index contributed by atoms with van der Waals surface area (Å²) in [5.41, 5.74) is 0. The average Bonchev–Trinajstić information content (AvgIpc) is 1.98. The molecule has 0 rings (SSSR count). The molecule has 0 bridgehead atoms. The van der Waals surface area contributed by atoms with Crippen LogP contribution in [0.2, 0.25) is 0 Å². The molecule has 0 spiro atoms. The van der Waals surface area contributed by atoms with Crippen molar-refractivity contribution in [2.75, 3.05) is 5.75 Å². The van der Waals surface area contributed by atoms with Gasteiger partial charge >= 0.3 is 16.1 Å². The van der Waals surface area contributed by atoms with Crippen LogP contribution >= 0.6 is 0 Å². The van der Waals surface area contributed by atoms with Gasteiger partial charge in [0.05, 0.1) is 12.2 Å². The van der Waals surface area contributed by atoms with Crippen molar-refractivity contribution in [1.82, 2.24) is 0 Å². The molecule has 0 saturated heterocycles. The van der Waals surface area contributed by atoms with Crippen molar-refractivity contribution in [1.29, 1.82) is 0 Å². The molecule has 0 aliphatic heterocycles. The van der Waals surface area contributed by atoms with Crippen LogP contribution < -0.4 is 0 Å². The summed E-state index contributed by atoms with van der Waals surface area (Å²) in [6.45, 7) is 1.41. The molecule has 0 radical (unpaired) electrons. The second-order valence-corrected chi connectivity index (χ2v) is 3.53. The van der Waals surface area contributed by atoms with Gasteiger partial charge in [-0.25, -0.2) is 0 Å². The fourth-order valence-corrected chi connectivity index (χ4v) is 1.08. The summed E-state index contributed by atoms with van der Waals surface area (Å²) in [5, 5.41) is 8.15. The van der Waals surface area contributed by atoms with E-state index >= 15 is 0 Å². The van der Waals surface area contributed by atoms with Crippen LogP contribution in [-0.2, 0) is 19.1 Å². The van der Waals surface area contributed by atoms with E-state index in [9.17, 15) is 13.2 Å². The smallest absolute Gasteiger partial charge is 0.317 e. The van der Waals surface area contributed by atoms with Gasteiger partial charge in [0.15, 0.2) is 0 Å². The van der Waals surface area contributed by atoms with E-state index in [4.69, 9.17) is 5.11 Å². The highest BCUT2D eigenvalue weighted by Crippen LogP contribution is 1.94. The molecule has 0 aromatic rings. The van der Waals surface area contributed by atoms with Gasteiger partial charge in [0, 0.05) is 6.92 Å². The third-order valence-corrected chi connectivity index (χ3v) is 1.88. The van der Waals surface area contributed by atoms with Crippen molar-refractivity contribution in [2.24, 2.45) is 0 Å². The molecule has 0 fully saturated rings. The number of carboxylic acids is 1. The Morgan fingerprint density at radius 3 is 2.58 bits per heavy atom. The zero-order valence-corrected chi connectivity index (χ0v) is 7.22. The second-order valence-electron chi connectivity index (χ2n) is 1.84. The van der Waals surface area contributed by atoms with E-state index in [0.29, 0.717) is 0 Å². The van der Waals surface area contributed by atoms with Crippen LogP contribution in [0.25, 0.3) is 0 Å². The fraction of sp³-hybridized carbons (Fsp3) is 0.500. The minimum absolute atomic E-state index is 0.478. The van der Waals surface area contributed by atoms with Gasteiger partial charge in [-0.2, -0.15) is 8.42 Å². The summed E-state index contributed by atoms with van der Waals surface area (Å²) in [6.07, 6.45) is 1.40. The van der Waals surface area contributed by atoms with Gasteiger partial charge in [-0.05, 0) is 0 Å². The van der Waals surface area contributed by atoms with Gasteiger partial charge in [-0.3, -0.25) is 4.79 Å². The molecule has 5 nitrogen and oxygen atoms in total. The number of hydrogen-bond acceptors (Lipinski definition) is 4. The third kappa shape index (κ3) is 5.56. The van der Waals surface area contributed by atoms with E-state index in [-0.39, 0.29) is 0 Å². The molecular weight excluding hydrogens is 184 g/mol. The molecule has 0 aliphatic rings. The fourth-order valence-electron chi connectivity index (χ4n) is 0.359. The van der Waals surface area contributed by atoms with Crippen molar-refractivity contribution >= 4 is 16.1 Å². The van der Waals surface area contributed by atoms with Crippen LogP contribution in [0.3, 0.4) is 0 Å². The normalized spacial score (nSPS) is 9.75. The first-order valence-electron chi connectivity index (χ1n) is 3.02. The van der Waals surface area contributed by atoms with E-state index in [1.54, 1.807) is 0 Å². The Morgan fingerprint density at radius 2 is 2.17 bits per heavy atom. The summed E-state index contributed by atoms with van der Waals surface area (Å²) < 4.78 is 25.5. The van der Waals surface area contributed by atoms with Crippen LogP contribution in [0, 0.1) is 12.0 Å². The van der Waals surface area contributed by atoms with Crippen LogP contribution in [0.5, 0.6) is 0 Å². The third-order valence-electron chi connectivity index (χ3n) is 0.837. The minimum atomic E-state index is -3.79. The lowest BCUT2D eigenvalue weighted by Gasteiger charge is -1.96. The molecule has 0 aliphatic carbocycles. The predicted octanol–water partition coefficient (Wildman–Crippen LogP) is -0.212. The maximum Gasteiger partial charge on any atom is 0.317 e. The molecule has 12 heavy (non-hydrogen) atoms. The van der Waals surface area contributed by atoms with E-state index in [0.717, 1.165) is 0 Å². The molecule has 6 heteroatoms. The quantitative estimate of drug-likeness (QED) is 0.492. The first kappa shape index (κ1) is 10.8. The van der Waals surface area contributed by atoms with E-state index < -0.39 is 28.3 Å². The van der Waals surface area contributed by atoms with Crippen molar-refractivity contribution in [3.05, 3.63) is 0 Å². The molecule has 0 saturated carbocycles. The van der Waals surface area contributed by atoms with Gasteiger partial charge in [0.1, 0.15) is 6.11 Å². The molecule has 0 heterocycles. The lowest BCUT2D eigenvalue weighted by atomic mass is 10.5. The Hall–Kier alpha value is -1.22. The monoisotopic (exact) mass is 192 g/mol. The molecule has 1 N–H and O–H groups in total. The molecule has 0 amide bonds. The average molecular weight is 192 g/mol. The number of hydrogen-bond donors (Lipinski definition) is 1. The molecule has 0 aromatic heterocycles. The first-order chi connectivity index (χ1) is 5.48. The van der Waals surface area contributed by atoms with Gasteiger partial charge < -0.3 is 9.29 Å². The predicted molar refractivity (Wildman–Crippen MR) is 40.6 cm³/mol. The van der Waals surface area contributed by atoms with Crippen LogP contribution in [0.4, 0.5) is 0 Å². The first-order valence-corrected chi connectivity index (χ1v) is 4.60. The van der Waals surface area contributed by atoms with Gasteiger partial charge in [0.25, 0.3) is 0 Å². The van der Waals surface area contributed by atoms with Crippen molar-refractivity contribution in [2.45, 2.75) is 13.3 Å². The number of aliphatic carboxylic acids is 1. The topological polar surface area (TPSA) is 80.7 Å². The van der Waals surface area contributed by atoms with Crippen LogP contribution in [0.1, 0.15) is 13.3 Å². The minimum Gasteiger partial charge on any atom is -0.481 e. The Balaban J connectivity index is 4.03. The van der Waals surface area contributed by atoms with Crippen molar-refractivity contribution in [3.8, 4) is 12.0 Å². The Morgan fingerprint density at radius 1 is 1.58 bits per heavy atom. The Labute approximate surface area is 70.5 Å². The van der Waals surface area contributed by atoms with E-state index in [1.165, 1.54) is 6.92 Å². The highest BCUT2D eigenvalue weighted by atomic mass is 32.2. The highest BCUT2D eigenvalue weighted by molar-refractivity contribution is 7.86. The Kier molecular flexibility index (Phi) is 4.15. The van der Waals surface area contributed by atoms with Gasteiger partial charge in [-0.15, -0.1) is 0 Å². The lowest BCUT2D eigenvalue weighted by molar-refractivity contribution is -0.136. The van der Waals surface area contributed by atoms with Crippen molar-refractivity contribution in [3.63, 3.8) is 0 Å². The van der Waals surface area contributed by atoms with Crippen molar-refractivity contribution < 1.29 is 22.5 Å². The maximum atomic E-state index is 10.7. The molecular formula is C6H8O5S. The molecule has 0 aromatic carbocycles. The molecule has 0 atom stereocenters. The summed E-state index contributed by atoms with van der Waals surface area (Å²) >= 11 is 0. The largest absolute Gasteiger partial charge is 0.481 e. The van der Waals surface area contributed by atoms with Gasteiger partial charge in [0.2, 0.25) is 0 Å². The number of rotatable bonds is 4. The van der Waals surface area contributed by atoms with Gasteiger partial charge in [-0.1, -0.05) is 5.92 Å². The van der Waals surface area contributed by atoms with Crippen LogP contribution in [-0.4, -0.2) is 25.2 Å². The standard InChI is InChI=1S/C6H8O5S/c1-2-4-11-12(9,10)5-3-6(7)8/h3,5H2,1H3,(H,7,8). The molecule has 0 unspecified atom stereocenters. The van der Waals surface area contributed by atoms with E-state index in [1.807, 2.05) is 6.11 Å². The zero-order chi connectivity index (χ0) is 9.61. The van der Waals surface area contributed by atoms with Crippen LogP contribution in [0.15, 0.2) is 0 Å². The Bertz CT molecular complexity index is 305. The summed E-state index contributed by atoms with van der Waals surface area (Å²) in [7, 11) is -3.79. The summed E-state index contributed by atoms with van der Waals surface area (Å²) in [6, 6.07) is 0. The van der Waals surface area contributed by atoms with E-state index in [2.05, 4.69) is 10.1 Å². The highest BCUT2D eigenvalue weighted by Gasteiger charge is 2.12. The maximum absolute atomic E-state index is 10.7. The summed E-state index contributed by atoms with van der Waals surface area (Å²) in [4.78, 5) is 9.96. The second kappa shape index (κ2) is 4.62. The number of carbonyl (C=O) groups is 1. The SMILES string of the molecule is CC#COS(=O)(=O)CCC(=O)O. The zero-order valence-electron chi connectivity index (χ0n) is 6.40. The summed E-state index contributed by atoms with van der Waals surface area (Å²) in [5.74, 6) is 0.466. The molecule has 68 valence electrons. The lowest BCUT2D eigenvalue weighted by Crippen LogP contribution is -2.11. The number of carboxylic acid groups (broad SMARTS) is 1.